The molecule has 6 aliphatic rings. The number of hydrogen-bond donors (Lipinski definition) is 4. The molecule has 23 heteroatoms. The number of amides is 3. The molecule has 0 radical (unpaired) electrons. The van der Waals surface area contributed by atoms with Gasteiger partial charge in [-0.05, 0) is 86.3 Å². The Labute approximate surface area is 421 Å². The van der Waals surface area contributed by atoms with Crippen molar-refractivity contribution >= 4 is 78.6 Å². The van der Waals surface area contributed by atoms with E-state index in [1.54, 1.807) is 65.6 Å². The van der Waals surface area contributed by atoms with Gasteiger partial charge in [0.2, 0.25) is 20.0 Å². The lowest BCUT2D eigenvalue weighted by Crippen LogP contribution is -2.50. The van der Waals surface area contributed by atoms with Gasteiger partial charge >= 0.3 is 5.97 Å². The summed E-state index contributed by atoms with van der Waals surface area (Å²) in [5, 5.41) is 18.6. The van der Waals surface area contributed by atoms with Gasteiger partial charge in [0.25, 0.3) is 17.7 Å². The van der Waals surface area contributed by atoms with Crippen molar-refractivity contribution in [2.45, 2.75) is 46.6 Å². The second-order valence-electron chi connectivity index (χ2n) is 17.3. The van der Waals surface area contributed by atoms with Crippen molar-refractivity contribution in [2.75, 3.05) is 78.8 Å². The quantitative estimate of drug-likeness (QED) is 0.198. The summed E-state index contributed by atoms with van der Waals surface area (Å²) in [6, 6.07) is 25.4. The van der Waals surface area contributed by atoms with Crippen LogP contribution in [0.15, 0.2) is 117 Å². The monoisotopic (exact) mass is 1050 g/mol. The zero-order valence-corrected chi connectivity index (χ0v) is 41.5. The zero-order chi connectivity index (χ0) is 50.4. The highest BCUT2D eigenvalue weighted by Gasteiger charge is 2.49. The van der Waals surface area contributed by atoms with E-state index in [2.05, 4.69) is 20.9 Å². The number of morpholine rings is 2. The molecular formula is C48H52Cl2N8O11S2. The predicted molar refractivity (Wildman–Crippen MR) is 264 cm³/mol. The smallest absolute Gasteiger partial charge is 0.335 e. The van der Waals surface area contributed by atoms with E-state index in [9.17, 15) is 36.0 Å². The first-order chi connectivity index (χ1) is 34.0. The number of ether oxygens (including phenoxy) is 2. The molecule has 10 rings (SSSR count). The number of carbonyl (C=O) groups is 4. The summed E-state index contributed by atoms with van der Waals surface area (Å²) < 4.78 is 64.9. The number of halogens is 2. The summed E-state index contributed by atoms with van der Waals surface area (Å²) in [7, 11) is -7.45. The van der Waals surface area contributed by atoms with Crippen LogP contribution in [-0.4, -0.2) is 161 Å². The maximum atomic E-state index is 13.0. The second-order valence-corrected chi connectivity index (χ2v) is 22.1. The minimum absolute atomic E-state index is 0.0886. The molecule has 6 heterocycles. The number of carbonyl (C=O) groups excluding carboxylic acids is 3. The number of carboxylic acids is 1. The van der Waals surface area contributed by atoms with Crippen molar-refractivity contribution in [3.63, 3.8) is 0 Å². The molecule has 0 atom stereocenters. The molecule has 4 aromatic carbocycles. The van der Waals surface area contributed by atoms with Crippen LogP contribution in [0.3, 0.4) is 0 Å². The largest absolute Gasteiger partial charge is 0.478 e. The molecular weight excluding hydrogens is 1000 g/mol. The number of sulfonamides is 2. The lowest BCUT2D eigenvalue weighted by molar-refractivity contribution is -0.125. The molecule has 0 bridgehead atoms. The van der Waals surface area contributed by atoms with E-state index in [0.717, 1.165) is 26.3 Å². The average molecular weight is 1050 g/mol. The Bertz CT molecular complexity index is 2960. The number of benzene rings is 4. The first-order valence-electron chi connectivity index (χ1n) is 22.9. The molecule has 3 amide bonds. The normalized spacial score (nSPS) is 20.1. The van der Waals surface area contributed by atoms with E-state index < -0.39 is 37.1 Å². The van der Waals surface area contributed by atoms with E-state index in [0.29, 0.717) is 64.7 Å². The summed E-state index contributed by atoms with van der Waals surface area (Å²) in [5.41, 5.74) is -0.343. The summed E-state index contributed by atoms with van der Waals surface area (Å²) in [6.07, 6.45) is 0.963. The zero-order valence-electron chi connectivity index (χ0n) is 38.4. The number of hydrogen-bond acceptors (Lipinski definition) is 13. The van der Waals surface area contributed by atoms with Crippen molar-refractivity contribution in [2.24, 2.45) is 9.98 Å². The van der Waals surface area contributed by atoms with Crippen molar-refractivity contribution in [3.05, 3.63) is 129 Å². The van der Waals surface area contributed by atoms with Crippen molar-refractivity contribution in [1.82, 2.24) is 29.5 Å². The van der Waals surface area contributed by atoms with E-state index in [1.165, 1.54) is 45.0 Å². The van der Waals surface area contributed by atoms with Crippen molar-refractivity contribution < 1.29 is 50.6 Å². The molecule has 0 aromatic heterocycles. The van der Waals surface area contributed by atoms with Gasteiger partial charge in [0.15, 0.2) is 0 Å². The van der Waals surface area contributed by atoms with Gasteiger partial charge in [-0.15, -0.1) is 0 Å². The number of amidine groups is 2. The lowest BCUT2D eigenvalue weighted by Gasteiger charge is -2.34. The Kier molecular flexibility index (Phi) is 16.0. The highest BCUT2D eigenvalue weighted by Crippen LogP contribution is 2.35. The first kappa shape index (κ1) is 51.7. The van der Waals surface area contributed by atoms with Crippen LogP contribution in [0.5, 0.6) is 0 Å². The summed E-state index contributed by atoms with van der Waals surface area (Å²) >= 11 is 11.9. The third-order valence-electron chi connectivity index (χ3n) is 12.8. The fourth-order valence-electron chi connectivity index (χ4n) is 8.79. The molecule has 376 valence electrons. The van der Waals surface area contributed by atoms with Crippen molar-refractivity contribution in [3.8, 4) is 0 Å². The molecule has 19 nitrogen and oxygen atoms in total. The molecule has 0 unspecified atom stereocenters. The van der Waals surface area contributed by atoms with Gasteiger partial charge in [-0.2, -0.15) is 8.61 Å². The van der Waals surface area contributed by atoms with E-state index in [1.807, 2.05) is 0 Å². The van der Waals surface area contributed by atoms with Gasteiger partial charge in [0, 0.05) is 79.1 Å². The predicted octanol–water partition coefficient (Wildman–Crippen LogP) is 3.66. The fourth-order valence-corrected chi connectivity index (χ4v) is 12.3. The maximum Gasteiger partial charge on any atom is 0.335 e. The minimum Gasteiger partial charge on any atom is -0.478 e. The number of rotatable bonds is 8. The number of carboxylic acid groups (broad SMARTS) is 1. The molecule has 71 heavy (non-hydrogen) atoms. The van der Waals surface area contributed by atoms with Crippen LogP contribution in [0.4, 0.5) is 0 Å². The number of nitrogens with one attached hydrogen (secondary N) is 3. The number of piperidine rings is 2. The maximum absolute atomic E-state index is 13.0. The van der Waals surface area contributed by atoms with E-state index in [4.69, 9.17) is 42.8 Å². The standard InChI is InChI=1S/C24H25ClN4O5S.C20H18ClN3O5S.C4H9NO/c25-19-5-2-6-20(16-19)35(32,33)29-9-7-24(8-10-29)23(31)26-21(27-24)17-3-1-4-18(15-17)22(30)28-11-13-34-14-12-28;21-15-5-2-6-16(12-15)30(28,29)24-9-7-20(8-10-24)19(27)22-17(23-20)13-3-1-4-14(11-13)18(25)26;1-3-6-4-2-5-1/h1-6,15-16H,7-14H2,(H,26,27,31);1-6,11-12H,7-10H2,(H,25,26)(H,22,23,27);5H,1-4H2. The summed E-state index contributed by atoms with van der Waals surface area (Å²) in [4.78, 5) is 61.0. The Hall–Kier alpha value is -5.62. The van der Waals surface area contributed by atoms with Crippen LogP contribution >= 0.6 is 23.2 Å². The van der Waals surface area contributed by atoms with Gasteiger partial charge in [0.05, 0.1) is 41.8 Å². The topological polar surface area (TPSA) is 246 Å². The van der Waals surface area contributed by atoms with Crippen LogP contribution in [0, 0.1) is 0 Å². The van der Waals surface area contributed by atoms with Crippen LogP contribution in [0.2, 0.25) is 10.0 Å². The third-order valence-corrected chi connectivity index (χ3v) is 17.1. The van der Waals surface area contributed by atoms with Crippen LogP contribution < -0.4 is 16.0 Å². The molecule has 4 fully saturated rings. The Morgan fingerprint density at radius 1 is 0.577 bits per heavy atom. The lowest BCUT2D eigenvalue weighted by atomic mass is 9.89. The SMILES string of the molecule is C1COCCN1.O=C(O)c1cccc(C2=NC3(CCN(S(=O)(=O)c4cccc(Cl)c4)CC3)C(=O)N2)c1.O=C(c1cccc(C2=NC3(CCN(S(=O)(=O)c4cccc(Cl)c4)CC3)C(=O)N2)c1)N1CCOCC1. The fraction of sp³-hybridized carbons (Fsp3) is 0.375. The van der Waals surface area contributed by atoms with Crippen LogP contribution in [-0.2, 0) is 39.1 Å². The van der Waals surface area contributed by atoms with Gasteiger partial charge in [-0.1, -0.05) is 59.6 Å². The van der Waals surface area contributed by atoms with Gasteiger partial charge in [-0.3, -0.25) is 24.4 Å². The van der Waals surface area contributed by atoms with Gasteiger partial charge < -0.3 is 35.4 Å². The molecule has 2 spiro atoms. The first-order valence-corrected chi connectivity index (χ1v) is 26.6. The van der Waals surface area contributed by atoms with E-state index >= 15 is 0 Å². The third kappa shape index (κ3) is 11.7. The van der Waals surface area contributed by atoms with E-state index in [-0.39, 0.29) is 84.9 Å². The number of aliphatic imine (C=N–C) groups is 2. The Morgan fingerprint density at radius 3 is 1.41 bits per heavy atom. The summed E-state index contributed by atoms with van der Waals surface area (Å²) in [6.45, 7) is 6.53. The minimum atomic E-state index is -3.73. The molecule has 4 N–H and O–H groups in total. The molecule has 0 aliphatic carbocycles. The number of aromatic carboxylic acids is 1. The number of nitrogens with zero attached hydrogens (tertiary/aromatic N) is 5. The van der Waals surface area contributed by atoms with Gasteiger partial charge in [-0.25, -0.2) is 21.6 Å². The molecule has 4 aromatic rings. The van der Waals surface area contributed by atoms with Crippen LogP contribution in [0.1, 0.15) is 57.5 Å². The van der Waals surface area contributed by atoms with Crippen molar-refractivity contribution in [1.29, 1.82) is 0 Å². The molecule has 4 saturated heterocycles. The average Bonchev–Trinajstić information content (AvgIpc) is 3.88. The highest BCUT2D eigenvalue weighted by atomic mass is 35.5. The Balaban J connectivity index is 0.000000172. The van der Waals surface area contributed by atoms with Gasteiger partial charge in [0.1, 0.15) is 22.7 Å². The Morgan fingerprint density at radius 2 is 1.00 bits per heavy atom. The highest BCUT2D eigenvalue weighted by molar-refractivity contribution is 7.89. The summed E-state index contributed by atoms with van der Waals surface area (Å²) in [5.74, 6) is -1.02. The molecule has 0 saturated carbocycles. The van der Waals surface area contributed by atoms with Crippen LogP contribution in [0.25, 0.3) is 0 Å². The second kappa shape index (κ2) is 22.0. The molecule has 6 aliphatic heterocycles.